The first kappa shape index (κ1) is 13.4. The molecule has 0 amide bonds. The molecule has 0 atom stereocenters. The highest BCUT2D eigenvalue weighted by molar-refractivity contribution is 5.81. The van der Waals surface area contributed by atoms with E-state index >= 15 is 0 Å². The van der Waals surface area contributed by atoms with Crippen LogP contribution in [0, 0.1) is 0 Å². The molecular formula is C20H16N4. The van der Waals surface area contributed by atoms with E-state index in [0.29, 0.717) is 0 Å². The molecule has 116 valence electrons. The molecule has 0 unspecified atom stereocenters. The molecule has 4 aromatic rings. The number of benzene rings is 1. The monoisotopic (exact) mass is 312 g/mol. The zero-order valence-electron chi connectivity index (χ0n) is 13.2. The molecule has 1 aromatic carbocycles. The number of pyridine rings is 2. The third-order valence-electron chi connectivity index (χ3n) is 4.76. The highest BCUT2D eigenvalue weighted by Crippen LogP contribution is 2.33. The summed E-state index contributed by atoms with van der Waals surface area (Å²) in [6.45, 7) is 0. The Hall–Kier alpha value is -3.01. The van der Waals surface area contributed by atoms with Crippen LogP contribution in [-0.2, 0) is 12.8 Å². The lowest BCUT2D eigenvalue weighted by atomic mass is 9.98. The van der Waals surface area contributed by atoms with Crippen molar-refractivity contribution in [3.63, 3.8) is 0 Å². The summed E-state index contributed by atoms with van der Waals surface area (Å²) < 4.78 is 1.80. The van der Waals surface area contributed by atoms with Gasteiger partial charge in [0.05, 0.1) is 5.69 Å². The largest absolute Gasteiger partial charge is 0.256 e. The van der Waals surface area contributed by atoms with Crippen molar-refractivity contribution in [2.24, 2.45) is 0 Å². The Morgan fingerprint density at radius 3 is 2.79 bits per heavy atom. The van der Waals surface area contributed by atoms with E-state index in [1.54, 1.807) is 10.8 Å². The van der Waals surface area contributed by atoms with Gasteiger partial charge in [0.2, 0.25) is 0 Å². The summed E-state index contributed by atoms with van der Waals surface area (Å²) in [6, 6.07) is 14.9. The lowest BCUT2D eigenvalue weighted by Gasteiger charge is -2.10. The molecule has 4 nitrogen and oxygen atoms in total. The second kappa shape index (κ2) is 5.27. The van der Waals surface area contributed by atoms with Crippen LogP contribution in [0.2, 0.25) is 0 Å². The number of nitrogens with zero attached hydrogens (tertiary/aromatic N) is 4. The van der Waals surface area contributed by atoms with Gasteiger partial charge in [-0.3, -0.25) is 4.98 Å². The Kier molecular flexibility index (Phi) is 2.95. The fraction of sp³-hybridized carbons (Fsp3) is 0.150. The molecular weight excluding hydrogens is 296 g/mol. The van der Waals surface area contributed by atoms with E-state index in [-0.39, 0.29) is 0 Å². The highest BCUT2D eigenvalue weighted by Gasteiger charge is 2.14. The van der Waals surface area contributed by atoms with Crippen LogP contribution in [0.4, 0.5) is 0 Å². The molecule has 24 heavy (non-hydrogen) atoms. The van der Waals surface area contributed by atoms with E-state index in [9.17, 15) is 0 Å². The van der Waals surface area contributed by atoms with Gasteiger partial charge in [0.25, 0.3) is 0 Å². The van der Waals surface area contributed by atoms with Crippen molar-refractivity contribution in [1.82, 2.24) is 19.6 Å². The number of aromatic nitrogens is 4. The number of hydrogen-bond acceptors (Lipinski definition) is 3. The fourth-order valence-electron chi connectivity index (χ4n) is 3.56. The van der Waals surface area contributed by atoms with Gasteiger partial charge in [-0.25, -0.2) is 9.50 Å². The molecule has 0 fully saturated rings. The Balaban J connectivity index is 1.67. The van der Waals surface area contributed by atoms with Gasteiger partial charge >= 0.3 is 0 Å². The molecule has 0 aliphatic heterocycles. The van der Waals surface area contributed by atoms with Crippen LogP contribution in [0.25, 0.3) is 28.0 Å². The summed E-state index contributed by atoms with van der Waals surface area (Å²) in [5.41, 5.74) is 8.22. The maximum Gasteiger partial charge on any atom is 0.155 e. The second-order valence-electron chi connectivity index (χ2n) is 6.22. The van der Waals surface area contributed by atoms with E-state index in [2.05, 4.69) is 45.4 Å². The first-order valence-electron chi connectivity index (χ1n) is 8.25. The van der Waals surface area contributed by atoms with Crippen LogP contribution in [0.1, 0.15) is 17.5 Å². The molecule has 5 rings (SSSR count). The second-order valence-corrected chi connectivity index (χ2v) is 6.22. The predicted molar refractivity (Wildman–Crippen MR) is 93.7 cm³/mol. The van der Waals surface area contributed by atoms with Gasteiger partial charge in [-0.2, -0.15) is 5.10 Å². The van der Waals surface area contributed by atoms with Gasteiger partial charge in [-0.05, 0) is 54.7 Å². The zero-order chi connectivity index (χ0) is 15.9. The third kappa shape index (κ3) is 2.11. The van der Waals surface area contributed by atoms with Crippen LogP contribution >= 0.6 is 0 Å². The average molecular weight is 312 g/mol. The molecule has 1 aliphatic rings. The maximum atomic E-state index is 4.67. The van der Waals surface area contributed by atoms with Crippen LogP contribution in [0.3, 0.4) is 0 Å². The van der Waals surface area contributed by atoms with E-state index in [1.165, 1.54) is 36.0 Å². The fourth-order valence-corrected chi connectivity index (χ4v) is 3.56. The summed E-state index contributed by atoms with van der Waals surface area (Å²) in [5.74, 6) is 0. The summed E-state index contributed by atoms with van der Waals surface area (Å²) >= 11 is 0. The smallest absolute Gasteiger partial charge is 0.155 e. The Morgan fingerprint density at radius 1 is 0.875 bits per heavy atom. The molecule has 0 saturated heterocycles. The Morgan fingerprint density at radius 2 is 1.79 bits per heavy atom. The standard InChI is InChI=1S/C20H16N4/c1-3-14-6-7-16(11-15(14)4-1)20-18(5-2-10-21-20)17-8-9-19-22-13-23-24(19)12-17/h2,5-13H,1,3-4H2. The van der Waals surface area contributed by atoms with Crippen LogP contribution in [0.5, 0.6) is 0 Å². The van der Waals surface area contributed by atoms with Crippen molar-refractivity contribution in [3.8, 4) is 22.4 Å². The topological polar surface area (TPSA) is 43.1 Å². The normalized spacial score (nSPS) is 13.3. The van der Waals surface area contributed by atoms with E-state index in [4.69, 9.17) is 0 Å². The van der Waals surface area contributed by atoms with Crippen LogP contribution in [0.15, 0.2) is 61.2 Å². The van der Waals surface area contributed by atoms with Gasteiger partial charge in [-0.15, -0.1) is 0 Å². The predicted octanol–water partition coefficient (Wildman–Crippen LogP) is 3.95. The van der Waals surface area contributed by atoms with E-state index < -0.39 is 0 Å². The molecule has 0 spiro atoms. The lowest BCUT2D eigenvalue weighted by Crippen LogP contribution is -1.93. The minimum Gasteiger partial charge on any atom is -0.256 e. The van der Waals surface area contributed by atoms with E-state index in [1.807, 2.05) is 24.5 Å². The molecule has 0 radical (unpaired) electrons. The average Bonchev–Trinajstić information content (AvgIpc) is 3.29. The Bertz CT molecular complexity index is 1050. The molecule has 3 heterocycles. The van der Waals surface area contributed by atoms with Gasteiger partial charge < -0.3 is 0 Å². The molecule has 3 aromatic heterocycles. The molecule has 4 heteroatoms. The number of hydrogen-bond donors (Lipinski definition) is 0. The number of fused-ring (bicyclic) bond motifs is 2. The van der Waals surface area contributed by atoms with Gasteiger partial charge in [-0.1, -0.05) is 18.2 Å². The van der Waals surface area contributed by atoms with Crippen molar-refractivity contribution in [1.29, 1.82) is 0 Å². The van der Waals surface area contributed by atoms with Gasteiger partial charge in [0.1, 0.15) is 6.33 Å². The van der Waals surface area contributed by atoms with Crippen molar-refractivity contribution in [2.45, 2.75) is 19.3 Å². The molecule has 0 saturated carbocycles. The SMILES string of the molecule is c1cnc(-c2ccc3c(c2)CCC3)c(-c2ccc3ncnn3c2)c1. The summed E-state index contributed by atoms with van der Waals surface area (Å²) in [6.07, 6.45) is 9.08. The van der Waals surface area contributed by atoms with Crippen molar-refractivity contribution >= 4 is 5.65 Å². The van der Waals surface area contributed by atoms with Crippen LogP contribution < -0.4 is 0 Å². The van der Waals surface area contributed by atoms with E-state index in [0.717, 1.165) is 22.5 Å². The Labute approximate surface area is 139 Å². The van der Waals surface area contributed by atoms with Crippen molar-refractivity contribution < 1.29 is 0 Å². The first-order valence-corrected chi connectivity index (χ1v) is 8.25. The number of rotatable bonds is 2. The van der Waals surface area contributed by atoms with Crippen molar-refractivity contribution in [3.05, 3.63) is 72.3 Å². The third-order valence-corrected chi connectivity index (χ3v) is 4.76. The molecule has 0 N–H and O–H groups in total. The summed E-state index contributed by atoms with van der Waals surface area (Å²) in [7, 11) is 0. The van der Waals surface area contributed by atoms with Crippen LogP contribution in [-0.4, -0.2) is 19.6 Å². The lowest BCUT2D eigenvalue weighted by molar-refractivity contribution is 0.912. The molecule has 1 aliphatic carbocycles. The summed E-state index contributed by atoms with van der Waals surface area (Å²) in [5, 5.41) is 4.24. The number of aryl methyl sites for hydroxylation is 2. The minimum atomic E-state index is 0.849. The zero-order valence-corrected chi connectivity index (χ0v) is 13.2. The summed E-state index contributed by atoms with van der Waals surface area (Å²) in [4.78, 5) is 8.88. The highest BCUT2D eigenvalue weighted by atomic mass is 15.3. The molecule has 0 bridgehead atoms. The van der Waals surface area contributed by atoms with Crippen molar-refractivity contribution in [2.75, 3.05) is 0 Å². The van der Waals surface area contributed by atoms with Gasteiger partial charge in [0.15, 0.2) is 5.65 Å². The van der Waals surface area contributed by atoms with Gasteiger partial charge in [0, 0.05) is 29.1 Å². The minimum absolute atomic E-state index is 0.849. The quantitative estimate of drug-likeness (QED) is 0.563. The first-order chi connectivity index (χ1) is 11.9. The maximum absolute atomic E-state index is 4.67.